The smallest absolute Gasteiger partial charge is 0.137 e. The van der Waals surface area contributed by atoms with E-state index in [1.165, 1.54) is 0 Å². The maximum Gasteiger partial charge on any atom is 0.137 e. The Labute approximate surface area is 208 Å². The molecular formula is C30H48N2O2. The molecule has 0 radical (unpaired) electrons. The zero-order valence-electron chi connectivity index (χ0n) is 23.3. The van der Waals surface area contributed by atoms with Crippen LogP contribution in [0.15, 0.2) is 24.3 Å². The standard InChI is InChI=1S/C30H48N2O2/c1-19(33)25(23-15-27(3,4)31-28(5,6)16-23)21-11-13-22(14-12-21)26(20(2)34)24-17-29(7,8)32-30(9,10)18-24/h11-14,23-26,31-32H,15-18H2,1-10H3. The van der Waals surface area contributed by atoms with Crippen LogP contribution in [0.4, 0.5) is 0 Å². The molecule has 2 aliphatic rings. The second-order valence-corrected chi connectivity index (χ2v) is 14.0. The van der Waals surface area contributed by atoms with Crippen molar-refractivity contribution in [3.05, 3.63) is 35.4 Å². The van der Waals surface area contributed by atoms with Crippen LogP contribution in [-0.4, -0.2) is 33.7 Å². The first-order valence-corrected chi connectivity index (χ1v) is 13.1. The Morgan fingerprint density at radius 2 is 0.853 bits per heavy atom. The second-order valence-electron chi connectivity index (χ2n) is 14.0. The van der Waals surface area contributed by atoms with E-state index in [1.807, 2.05) is 0 Å². The van der Waals surface area contributed by atoms with Crippen molar-refractivity contribution in [2.24, 2.45) is 11.8 Å². The van der Waals surface area contributed by atoms with Crippen LogP contribution in [-0.2, 0) is 9.59 Å². The first-order chi connectivity index (χ1) is 15.4. The predicted molar refractivity (Wildman–Crippen MR) is 141 cm³/mol. The summed E-state index contributed by atoms with van der Waals surface area (Å²) in [6, 6.07) is 8.49. The lowest BCUT2D eigenvalue weighted by molar-refractivity contribution is -0.121. The maximum atomic E-state index is 12.9. The quantitative estimate of drug-likeness (QED) is 0.526. The van der Waals surface area contributed by atoms with Crippen molar-refractivity contribution >= 4 is 11.6 Å². The van der Waals surface area contributed by atoms with Gasteiger partial charge in [0, 0.05) is 34.0 Å². The van der Waals surface area contributed by atoms with Gasteiger partial charge in [-0.1, -0.05) is 24.3 Å². The molecule has 4 heteroatoms. The third kappa shape index (κ3) is 6.37. The summed E-state index contributed by atoms with van der Waals surface area (Å²) in [7, 11) is 0. The van der Waals surface area contributed by atoms with Gasteiger partial charge >= 0.3 is 0 Å². The van der Waals surface area contributed by atoms with E-state index >= 15 is 0 Å². The fraction of sp³-hybridized carbons (Fsp3) is 0.733. The number of carbonyl (C=O) groups excluding carboxylic acids is 2. The molecule has 2 fully saturated rings. The largest absolute Gasteiger partial charge is 0.307 e. The van der Waals surface area contributed by atoms with E-state index in [1.54, 1.807) is 13.8 Å². The molecule has 34 heavy (non-hydrogen) atoms. The summed E-state index contributed by atoms with van der Waals surface area (Å²) in [5.74, 6) is 0.838. The van der Waals surface area contributed by atoms with Crippen LogP contribution >= 0.6 is 0 Å². The number of hydrogen-bond donors (Lipinski definition) is 2. The highest BCUT2D eigenvalue weighted by molar-refractivity contribution is 5.85. The summed E-state index contributed by atoms with van der Waals surface area (Å²) in [5, 5.41) is 7.48. The average Bonchev–Trinajstić information content (AvgIpc) is 2.57. The molecule has 0 bridgehead atoms. The Balaban J connectivity index is 1.90. The molecule has 3 rings (SSSR count). The molecule has 2 saturated heterocycles. The zero-order valence-corrected chi connectivity index (χ0v) is 23.3. The molecule has 2 heterocycles. The van der Waals surface area contributed by atoms with Gasteiger partial charge in [-0.05, 0) is 118 Å². The van der Waals surface area contributed by atoms with E-state index in [-0.39, 0.29) is 45.6 Å². The predicted octanol–water partition coefficient (Wildman–Crippen LogP) is 6.15. The van der Waals surface area contributed by atoms with Gasteiger partial charge in [0.25, 0.3) is 0 Å². The highest BCUT2D eigenvalue weighted by Crippen LogP contribution is 2.44. The van der Waals surface area contributed by atoms with Crippen molar-refractivity contribution < 1.29 is 9.59 Å². The summed E-state index contributed by atoms with van der Waals surface area (Å²) in [5.41, 5.74) is 2.15. The fourth-order valence-corrected chi connectivity index (χ4v) is 7.86. The second kappa shape index (κ2) is 9.17. The molecule has 0 amide bonds. The Hall–Kier alpha value is -1.52. The van der Waals surface area contributed by atoms with Gasteiger partial charge in [-0.15, -0.1) is 0 Å². The van der Waals surface area contributed by atoms with Crippen LogP contribution in [0.3, 0.4) is 0 Å². The van der Waals surface area contributed by atoms with Crippen LogP contribution in [0.1, 0.15) is 118 Å². The van der Waals surface area contributed by atoms with Crippen LogP contribution < -0.4 is 10.6 Å². The van der Waals surface area contributed by atoms with Gasteiger partial charge in [0.1, 0.15) is 11.6 Å². The first-order valence-electron chi connectivity index (χ1n) is 13.1. The molecular weight excluding hydrogens is 420 g/mol. The number of ketones is 2. The van der Waals surface area contributed by atoms with Gasteiger partial charge in [0.15, 0.2) is 0 Å². The number of benzene rings is 1. The normalized spacial score (nSPS) is 25.9. The number of rotatable bonds is 6. The topological polar surface area (TPSA) is 58.2 Å². The van der Waals surface area contributed by atoms with Gasteiger partial charge in [-0.3, -0.25) is 9.59 Å². The van der Waals surface area contributed by atoms with Crippen LogP contribution in [0.25, 0.3) is 0 Å². The number of hydrogen-bond acceptors (Lipinski definition) is 4. The van der Waals surface area contributed by atoms with E-state index in [0.717, 1.165) is 36.8 Å². The third-order valence-electron chi connectivity index (χ3n) is 7.92. The summed E-state index contributed by atoms with van der Waals surface area (Å²) in [6.45, 7) is 21.4. The minimum atomic E-state index is -0.109. The first kappa shape index (κ1) is 27.1. The highest BCUT2D eigenvalue weighted by Gasteiger charge is 2.44. The minimum absolute atomic E-state index is 0.00555. The maximum absolute atomic E-state index is 12.9. The fourth-order valence-electron chi connectivity index (χ4n) is 7.86. The molecule has 1 aromatic rings. The molecule has 4 nitrogen and oxygen atoms in total. The number of Topliss-reactive ketones (excluding diaryl/α,β-unsaturated/α-hetero) is 2. The molecule has 2 N–H and O–H groups in total. The monoisotopic (exact) mass is 468 g/mol. The molecule has 2 atom stereocenters. The van der Waals surface area contributed by atoms with Crippen molar-refractivity contribution in [2.75, 3.05) is 0 Å². The lowest BCUT2D eigenvalue weighted by atomic mass is 9.67. The van der Waals surface area contributed by atoms with E-state index in [0.29, 0.717) is 11.8 Å². The molecule has 2 aliphatic heterocycles. The lowest BCUT2D eigenvalue weighted by Gasteiger charge is -2.48. The molecule has 2 unspecified atom stereocenters. The van der Waals surface area contributed by atoms with Crippen molar-refractivity contribution in [1.29, 1.82) is 0 Å². The Bertz CT molecular complexity index is 803. The van der Waals surface area contributed by atoms with Gasteiger partial charge in [-0.2, -0.15) is 0 Å². The van der Waals surface area contributed by atoms with Crippen molar-refractivity contribution in [2.45, 2.75) is 129 Å². The summed E-state index contributed by atoms with van der Waals surface area (Å²) in [4.78, 5) is 25.8. The SMILES string of the molecule is CC(=O)C(c1ccc(C(C(C)=O)C2CC(C)(C)NC(C)(C)C2)cc1)C1CC(C)(C)NC(C)(C)C1. The van der Waals surface area contributed by atoms with Crippen molar-refractivity contribution in [3.8, 4) is 0 Å². The average molecular weight is 469 g/mol. The zero-order chi connectivity index (χ0) is 25.7. The van der Waals surface area contributed by atoms with Crippen LogP contribution in [0.5, 0.6) is 0 Å². The summed E-state index contributed by atoms with van der Waals surface area (Å²) >= 11 is 0. The van der Waals surface area contributed by atoms with Gasteiger partial charge in [0.2, 0.25) is 0 Å². The Morgan fingerprint density at radius 1 is 0.618 bits per heavy atom. The Morgan fingerprint density at radius 3 is 1.06 bits per heavy atom. The minimum Gasteiger partial charge on any atom is -0.307 e. The van der Waals surface area contributed by atoms with Gasteiger partial charge in [-0.25, -0.2) is 0 Å². The highest BCUT2D eigenvalue weighted by atomic mass is 16.1. The molecule has 190 valence electrons. The van der Waals surface area contributed by atoms with Crippen LogP contribution in [0, 0.1) is 11.8 Å². The summed E-state index contributed by atoms with van der Waals surface area (Å²) in [6.07, 6.45) is 3.88. The van der Waals surface area contributed by atoms with E-state index in [9.17, 15) is 9.59 Å². The number of piperidine rings is 2. The van der Waals surface area contributed by atoms with Gasteiger partial charge in [0.05, 0.1) is 0 Å². The van der Waals surface area contributed by atoms with Crippen molar-refractivity contribution in [3.63, 3.8) is 0 Å². The number of nitrogens with one attached hydrogen (secondary N) is 2. The summed E-state index contributed by atoms with van der Waals surface area (Å²) < 4.78 is 0. The van der Waals surface area contributed by atoms with E-state index < -0.39 is 0 Å². The number of carbonyl (C=O) groups is 2. The Kier molecular flexibility index (Phi) is 7.30. The molecule has 1 aromatic carbocycles. The van der Waals surface area contributed by atoms with E-state index in [4.69, 9.17) is 0 Å². The van der Waals surface area contributed by atoms with Crippen LogP contribution in [0.2, 0.25) is 0 Å². The van der Waals surface area contributed by atoms with Gasteiger partial charge < -0.3 is 10.6 Å². The molecule has 0 saturated carbocycles. The molecule has 0 aromatic heterocycles. The molecule has 0 spiro atoms. The van der Waals surface area contributed by atoms with E-state index in [2.05, 4.69) is 90.3 Å². The third-order valence-corrected chi connectivity index (χ3v) is 7.92. The molecule has 0 aliphatic carbocycles. The lowest BCUT2D eigenvalue weighted by Crippen LogP contribution is -2.58. The van der Waals surface area contributed by atoms with Crippen molar-refractivity contribution in [1.82, 2.24) is 10.6 Å².